The second-order valence-electron chi connectivity index (χ2n) is 12.0. The molecule has 0 radical (unpaired) electrons. The molecule has 0 aromatic rings. The number of allylic oxidation sites excluding steroid dienone is 8. The van der Waals surface area contributed by atoms with Crippen LogP contribution in [0, 0.1) is 0 Å². The van der Waals surface area contributed by atoms with Crippen LogP contribution in [0.1, 0.15) is 181 Å². The summed E-state index contributed by atoms with van der Waals surface area (Å²) in [4.78, 5) is 23.3. The quantitative estimate of drug-likeness (QED) is 0.0474. The molecule has 0 aromatic heterocycles. The van der Waals surface area contributed by atoms with Crippen LogP contribution in [0.25, 0.3) is 0 Å². The highest BCUT2D eigenvalue weighted by Gasteiger charge is 2.14. The average Bonchev–Trinajstić information content (AvgIpc) is 2.99. The van der Waals surface area contributed by atoms with Crippen molar-refractivity contribution in [3.05, 3.63) is 48.6 Å². The lowest BCUT2D eigenvalue weighted by molar-refractivity contribution is -0.150. The minimum absolute atomic E-state index is 0.0369. The van der Waals surface area contributed by atoms with E-state index in [4.69, 9.17) is 9.84 Å². The van der Waals surface area contributed by atoms with Crippen molar-refractivity contribution in [1.82, 2.24) is 0 Å². The molecule has 0 saturated heterocycles. The molecule has 4 heteroatoms. The molecular formula is C39H68O4. The molecule has 0 fully saturated rings. The molecule has 43 heavy (non-hydrogen) atoms. The Hall–Kier alpha value is -2.10. The van der Waals surface area contributed by atoms with Gasteiger partial charge in [-0.3, -0.25) is 9.59 Å². The third kappa shape index (κ3) is 34.3. The number of ether oxygens (including phenoxy) is 1. The molecule has 248 valence electrons. The lowest BCUT2D eigenvalue weighted by Gasteiger charge is -2.18. The summed E-state index contributed by atoms with van der Waals surface area (Å²) in [5, 5.41) is 8.79. The zero-order valence-electron chi connectivity index (χ0n) is 28.3. The fourth-order valence-electron chi connectivity index (χ4n) is 5.17. The van der Waals surface area contributed by atoms with E-state index in [9.17, 15) is 9.59 Å². The van der Waals surface area contributed by atoms with Crippen LogP contribution in [0.2, 0.25) is 0 Å². The molecule has 0 saturated carbocycles. The number of hydrogen-bond acceptors (Lipinski definition) is 3. The molecule has 4 nitrogen and oxygen atoms in total. The summed E-state index contributed by atoms with van der Waals surface area (Å²) in [6.07, 6.45) is 45.5. The van der Waals surface area contributed by atoms with Gasteiger partial charge in [0.2, 0.25) is 0 Å². The van der Waals surface area contributed by atoms with Crippen LogP contribution < -0.4 is 0 Å². The van der Waals surface area contributed by atoms with E-state index >= 15 is 0 Å². The number of carbonyl (C=O) groups is 2. The average molecular weight is 601 g/mol. The maximum absolute atomic E-state index is 12.6. The Morgan fingerprint density at radius 1 is 0.535 bits per heavy atom. The fourth-order valence-corrected chi connectivity index (χ4v) is 5.17. The maximum Gasteiger partial charge on any atom is 0.306 e. The van der Waals surface area contributed by atoms with Gasteiger partial charge in [-0.1, -0.05) is 140 Å². The van der Waals surface area contributed by atoms with Crippen LogP contribution in [-0.2, 0) is 14.3 Å². The Bertz CT molecular complexity index is 734. The summed E-state index contributed by atoms with van der Waals surface area (Å²) < 4.78 is 5.96. The largest absolute Gasteiger partial charge is 0.481 e. The molecule has 0 heterocycles. The molecular weight excluding hydrogens is 532 g/mol. The Morgan fingerprint density at radius 3 is 1.49 bits per heavy atom. The van der Waals surface area contributed by atoms with Gasteiger partial charge in [0.25, 0.3) is 0 Å². The highest BCUT2D eigenvalue weighted by atomic mass is 16.5. The van der Waals surface area contributed by atoms with Crippen molar-refractivity contribution in [2.75, 3.05) is 0 Å². The first-order valence-corrected chi connectivity index (χ1v) is 18.1. The topological polar surface area (TPSA) is 63.6 Å². The van der Waals surface area contributed by atoms with E-state index in [2.05, 4.69) is 62.5 Å². The third-order valence-corrected chi connectivity index (χ3v) is 7.82. The number of rotatable bonds is 32. The predicted molar refractivity (Wildman–Crippen MR) is 185 cm³/mol. The van der Waals surface area contributed by atoms with E-state index in [1.807, 2.05) is 0 Å². The lowest BCUT2D eigenvalue weighted by Crippen LogP contribution is -2.18. The fraction of sp³-hybridized carbons (Fsp3) is 0.744. The molecule has 1 unspecified atom stereocenters. The molecule has 0 bridgehead atoms. The van der Waals surface area contributed by atoms with Gasteiger partial charge < -0.3 is 9.84 Å². The minimum atomic E-state index is -0.707. The molecule has 1 N–H and O–H groups in total. The van der Waals surface area contributed by atoms with Crippen molar-refractivity contribution in [3.63, 3.8) is 0 Å². The number of carboxylic acids is 1. The highest BCUT2D eigenvalue weighted by molar-refractivity contribution is 5.69. The summed E-state index contributed by atoms with van der Waals surface area (Å²) in [5.74, 6) is -0.745. The zero-order valence-corrected chi connectivity index (χ0v) is 28.3. The molecule has 0 amide bonds. The smallest absolute Gasteiger partial charge is 0.306 e. The lowest BCUT2D eigenvalue weighted by atomic mass is 10.0. The number of unbranched alkanes of at least 4 members (excludes halogenated alkanes) is 15. The molecule has 0 aliphatic rings. The van der Waals surface area contributed by atoms with Crippen LogP contribution in [0.15, 0.2) is 48.6 Å². The van der Waals surface area contributed by atoms with Gasteiger partial charge in [0.1, 0.15) is 6.10 Å². The predicted octanol–water partition coefficient (Wildman–Crippen LogP) is 12.4. The summed E-state index contributed by atoms with van der Waals surface area (Å²) in [7, 11) is 0. The number of esters is 1. The number of carboxylic acid groups (broad SMARTS) is 1. The van der Waals surface area contributed by atoms with Crippen molar-refractivity contribution in [3.8, 4) is 0 Å². The molecule has 0 aliphatic carbocycles. The summed E-state index contributed by atoms with van der Waals surface area (Å²) >= 11 is 0. The number of aliphatic carboxylic acids is 1. The van der Waals surface area contributed by atoms with Crippen LogP contribution in [0.4, 0.5) is 0 Å². The normalized spacial score (nSPS) is 12.8. The van der Waals surface area contributed by atoms with Gasteiger partial charge in [0.05, 0.1) is 0 Å². The van der Waals surface area contributed by atoms with Gasteiger partial charge in [-0.2, -0.15) is 0 Å². The molecule has 1 atom stereocenters. The van der Waals surface area contributed by atoms with Crippen LogP contribution >= 0.6 is 0 Å². The summed E-state index contributed by atoms with van der Waals surface area (Å²) in [5.41, 5.74) is 0. The van der Waals surface area contributed by atoms with Gasteiger partial charge in [0.15, 0.2) is 0 Å². The van der Waals surface area contributed by atoms with Crippen molar-refractivity contribution >= 4 is 11.9 Å². The first-order valence-electron chi connectivity index (χ1n) is 18.1. The van der Waals surface area contributed by atoms with Gasteiger partial charge in [-0.15, -0.1) is 0 Å². The first-order chi connectivity index (χ1) is 21.1. The zero-order chi connectivity index (χ0) is 31.5. The van der Waals surface area contributed by atoms with Crippen molar-refractivity contribution in [2.45, 2.75) is 187 Å². The third-order valence-electron chi connectivity index (χ3n) is 7.82. The maximum atomic E-state index is 12.6. The van der Waals surface area contributed by atoms with Crippen molar-refractivity contribution in [1.29, 1.82) is 0 Å². The second-order valence-corrected chi connectivity index (χ2v) is 12.0. The van der Waals surface area contributed by atoms with E-state index in [0.29, 0.717) is 6.42 Å². The Kier molecular flexibility index (Phi) is 32.7. The molecule has 0 aromatic carbocycles. The first kappa shape index (κ1) is 40.9. The number of carbonyl (C=O) groups excluding carboxylic acids is 1. The monoisotopic (exact) mass is 601 g/mol. The summed E-state index contributed by atoms with van der Waals surface area (Å²) in [6, 6.07) is 0. The van der Waals surface area contributed by atoms with Crippen LogP contribution in [-0.4, -0.2) is 23.1 Å². The minimum Gasteiger partial charge on any atom is -0.481 e. The van der Waals surface area contributed by atoms with E-state index in [1.54, 1.807) is 0 Å². The standard InChI is InChI=1S/C39H68O4/c1-3-5-7-9-11-13-15-16-17-18-19-21-23-28-32-36-39(42)43-37(34-30-26-24-27-31-35-38(40)41)33-29-25-22-20-14-12-10-8-6-4-2/h5,7,11,13,16-17,19,21,37H,3-4,6,8-10,12,14-15,18,20,22-36H2,1-2H3,(H,40,41)/b7-5-,13-11-,17-16-,21-19-. The van der Waals surface area contributed by atoms with Gasteiger partial charge in [0, 0.05) is 12.8 Å². The van der Waals surface area contributed by atoms with Crippen molar-refractivity contribution < 1.29 is 19.4 Å². The SMILES string of the molecule is CC/C=C\C/C=C\C/C=C\C/C=C\CCCCC(=O)OC(CCCCCCCCCCCC)CCCCCCCC(=O)O. The Balaban J connectivity index is 4.14. The van der Waals surface area contributed by atoms with E-state index in [0.717, 1.165) is 96.3 Å². The van der Waals surface area contributed by atoms with Crippen LogP contribution in [0.3, 0.4) is 0 Å². The summed E-state index contributed by atoms with van der Waals surface area (Å²) in [6.45, 7) is 4.42. The second kappa shape index (κ2) is 34.4. The van der Waals surface area contributed by atoms with Crippen LogP contribution in [0.5, 0.6) is 0 Å². The van der Waals surface area contributed by atoms with E-state index < -0.39 is 5.97 Å². The number of hydrogen-bond donors (Lipinski definition) is 1. The molecule has 0 spiro atoms. The Morgan fingerprint density at radius 2 is 0.977 bits per heavy atom. The molecule has 0 aliphatic heterocycles. The van der Waals surface area contributed by atoms with Gasteiger partial charge in [-0.05, 0) is 77.0 Å². The van der Waals surface area contributed by atoms with Gasteiger partial charge >= 0.3 is 11.9 Å². The highest BCUT2D eigenvalue weighted by Crippen LogP contribution is 2.18. The molecule has 0 rings (SSSR count). The van der Waals surface area contributed by atoms with Crippen molar-refractivity contribution in [2.24, 2.45) is 0 Å². The van der Waals surface area contributed by atoms with Gasteiger partial charge in [-0.25, -0.2) is 0 Å². The van der Waals surface area contributed by atoms with E-state index in [1.165, 1.54) is 57.8 Å². The Labute approximate surface area is 266 Å². The van der Waals surface area contributed by atoms with E-state index in [-0.39, 0.29) is 18.5 Å².